The maximum absolute atomic E-state index is 13.0. The normalized spacial score (nSPS) is 14.5. The standard InChI is InChI=1S/C25H32N4OS2/c1-2-28(21-12-7-4-8-13-21)24(30)19-32-25-27-26-23(18-22-14-9-17-31-22)29(25)16-15-20-10-5-3-6-11-20/h3,5-6,9-11,14,17,21H,2,4,7-8,12-13,15-16,18-19H2,1H3. The second kappa shape index (κ2) is 11.7. The summed E-state index contributed by atoms with van der Waals surface area (Å²) in [6.45, 7) is 3.70. The van der Waals surface area contributed by atoms with Gasteiger partial charge in [0, 0.05) is 30.4 Å². The number of hydrogen-bond donors (Lipinski definition) is 0. The Balaban J connectivity index is 1.45. The molecule has 1 fully saturated rings. The van der Waals surface area contributed by atoms with E-state index < -0.39 is 0 Å². The predicted molar refractivity (Wildman–Crippen MR) is 132 cm³/mol. The summed E-state index contributed by atoms with van der Waals surface area (Å²) in [5.41, 5.74) is 1.30. The van der Waals surface area contributed by atoms with Crippen molar-refractivity contribution in [2.45, 2.75) is 69.6 Å². The van der Waals surface area contributed by atoms with Crippen LogP contribution in [0.3, 0.4) is 0 Å². The molecule has 2 heterocycles. The summed E-state index contributed by atoms with van der Waals surface area (Å²) in [4.78, 5) is 16.4. The fourth-order valence-corrected chi connectivity index (χ4v) is 6.05. The van der Waals surface area contributed by atoms with Crippen molar-refractivity contribution in [3.63, 3.8) is 0 Å². The average Bonchev–Trinajstić information content (AvgIpc) is 3.48. The molecule has 0 saturated heterocycles. The van der Waals surface area contributed by atoms with Crippen molar-refractivity contribution in [3.05, 3.63) is 64.1 Å². The van der Waals surface area contributed by atoms with Crippen molar-refractivity contribution in [3.8, 4) is 0 Å². The first-order valence-electron chi connectivity index (χ1n) is 11.6. The number of benzene rings is 1. The summed E-state index contributed by atoms with van der Waals surface area (Å²) >= 11 is 3.28. The van der Waals surface area contributed by atoms with E-state index in [2.05, 4.69) is 68.4 Å². The van der Waals surface area contributed by atoms with E-state index in [1.165, 1.54) is 41.5 Å². The summed E-state index contributed by atoms with van der Waals surface area (Å²) in [5, 5.41) is 11.9. The molecule has 3 aromatic rings. The Morgan fingerprint density at radius 2 is 1.94 bits per heavy atom. The monoisotopic (exact) mass is 468 g/mol. The second-order valence-corrected chi connectivity index (χ2v) is 10.3. The van der Waals surface area contributed by atoms with Crippen LogP contribution in [0.5, 0.6) is 0 Å². The molecule has 170 valence electrons. The summed E-state index contributed by atoms with van der Waals surface area (Å²) in [6.07, 6.45) is 7.75. The SMILES string of the molecule is CCN(C(=O)CSc1nnc(Cc2cccs2)n1CCc1ccccc1)C1CCCCC1. The lowest BCUT2D eigenvalue weighted by Gasteiger charge is -2.33. The Kier molecular flexibility index (Phi) is 8.40. The van der Waals surface area contributed by atoms with Crippen molar-refractivity contribution in [2.24, 2.45) is 0 Å². The Morgan fingerprint density at radius 1 is 1.12 bits per heavy atom. The first kappa shape index (κ1) is 23.1. The Labute approximate surface area is 199 Å². The van der Waals surface area contributed by atoms with Crippen molar-refractivity contribution >= 4 is 29.0 Å². The predicted octanol–water partition coefficient (Wildman–Crippen LogP) is 5.45. The lowest BCUT2D eigenvalue weighted by molar-refractivity contribution is -0.131. The minimum atomic E-state index is 0.224. The first-order valence-corrected chi connectivity index (χ1v) is 13.5. The molecule has 0 spiro atoms. The molecule has 7 heteroatoms. The molecule has 0 atom stereocenters. The maximum atomic E-state index is 13.0. The lowest BCUT2D eigenvalue weighted by atomic mass is 9.94. The fraction of sp³-hybridized carbons (Fsp3) is 0.480. The third-order valence-electron chi connectivity index (χ3n) is 6.17. The van der Waals surface area contributed by atoms with Gasteiger partial charge < -0.3 is 9.47 Å². The topological polar surface area (TPSA) is 51.0 Å². The zero-order valence-corrected chi connectivity index (χ0v) is 20.4. The van der Waals surface area contributed by atoms with Crippen molar-refractivity contribution < 1.29 is 4.79 Å². The van der Waals surface area contributed by atoms with Gasteiger partial charge in [0.2, 0.25) is 5.91 Å². The van der Waals surface area contributed by atoms with E-state index in [-0.39, 0.29) is 5.91 Å². The molecule has 1 saturated carbocycles. The fourth-order valence-electron chi connectivity index (χ4n) is 4.48. The van der Waals surface area contributed by atoms with Crippen molar-refractivity contribution in [2.75, 3.05) is 12.3 Å². The zero-order valence-electron chi connectivity index (χ0n) is 18.8. The molecule has 5 nitrogen and oxygen atoms in total. The van der Waals surface area contributed by atoms with Crippen LogP contribution in [0.4, 0.5) is 0 Å². The van der Waals surface area contributed by atoms with Crippen LogP contribution in [-0.2, 0) is 24.2 Å². The average molecular weight is 469 g/mol. The van der Waals surface area contributed by atoms with E-state index in [9.17, 15) is 4.79 Å². The molecule has 32 heavy (non-hydrogen) atoms. The Hall–Kier alpha value is -2.12. The molecular formula is C25H32N4OS2. The summed E-state index contributed by atoms with van der Waals surface area (Å²) in [6, 6.07) is 15.1. The van der Waals surface area contributed by atoms with Gasteiger partial charge in [-0.3, -0.25) is 4.79 Å². The van der Waals surface area contributed by atoms with Gasteiger partial charge in [0.1, 0.15) is 5.82 Å². The van der Waals surface area contributed by atoms with Crippen LogP contribution < -0.4 is 0 Å². The molecule has 0 unspecified atom stereocenters. The van der Waals surface area contributed by atoms with E-state index in [0.29, 0.717) is 11.8 Å². The van der Waals surface area contributed by atoms with E-state index in [1.54, 1.807) is 11.3 Å². The number of carbonyl (C=O) groups is 1. The molecule has 0 bridgehead atoms. The van der Waals surface area contributed by atoms with Crippen molar-refractivity contribution in [1.29, 1.82) is 0 Å². The Morgan fingerprint density at radius 3 is 2.66 bits per heavy atom. The van der Waals surface area contributed by atoms with Gasteiger partial charge in [-0.25, -0.2) is 0 Å². The highest BCUT2D eigenvalue weighted by atomic mass is 32.2. The zero-order chi connectivity index (χ0) is 22.2. The third kappa shape index (κ3) is 6.01. The minimum Gasteiger partial charge on any atom is -0.339 e. The van der Waals surface area contributed by atoms with Crippen LogP contribution in [0.25, 0.3) is 0 Å². The van der Waals surface area contributed by atoms with Crippen molar-refractivity contribution in [1.82, 2.24) is 19.7 Å². The quantitative estimate of drug-likeness (QED) is 0.372. The lowest BCUT2D eigenvalue weighted by Crippen LogP contribution is -2.42. The molecule has 1 aliphatic rings. The van der Waals surface area contributed by atoms with Gasteiger partial charge in [0.05, 0.1) is 5.75 Å². The van der Waals surface area contributed by atoms with Gasteiger partial charge in [0.15, 0.2) is 5.16 Å². The van der Waals surface area contributed by atoms with Crippen LogP contribution in [0.1, 0.15) is 55.3 Å². The number of carbonyl (C=O) groups excluding carboxylic acids is 1. The number of aromatic nitrogens is 3. The maximum Gasteiger partial charge on any atom is 0.233 e. The molecule has 0 aliphatic heterocycles. The first-order chi connectivity index (χ1) is 15.7. The summed E-state index contributed by atoms with van der Waals surface area (Å²) in [5.74, 6) is 1.62. The molecule has 1 aliphatic carbocycles. The van der Waals surface area contributed by atoms with E-state index in [4.69, 9.17) is 0 Å². The van der Waals surface area contributed by atoms with E-state index in [1.807, 2.05) is 6.07 Å². The number of thioether (sulfide) groups is 1. The van der Waals surface area contributed by atoms with Crippen LogP contribution in [-0.4, -0.2) is 43.9 Å². The Bertz CT molecular complexity index is 965. The number of thiophene rings is 1. The molecule has 2 aromatic heterocycles. The highest BCUT2D eigenvalue weighted by Crippen LogP contribution is 2.25. The summed E-state index contributed by atoms with van der Waals surface area (Å²) < 4.78 is 2.21. The number of nitrogens with zero attached hydrogens (tertiary/aromatic N) is 4. The number of hydrogen-bond acceptors (Lipinski definition) is 5. The molecule has 0 radical (unpaired) electrons. The smallest absolute Gasteiger partial charge is 0.233 e. The van der Waals surface area contributed by atoms with Crippen LogP contribution in [0.15, 0.2) is 53.0 Å². The largest absolute Gasteiger partial charge is 0.339 e. The molecule has 0 N–H and O–H groups in total. The minimum absolute atomic E-state index is 0.224. The third-order valence-corrected chi connectivity index (χ3v) is 8.00. The van der Waals surface area contributed by atoms with E-state index in [0.717, 1.165) is 49.8 Å². The van der Waals surface area contributed by atoms with Crippen LogP contribution >= 0.6 is 23.1 Å². The summed E-state index contributed by atoms with van der Waals surface area (Å²) in [7, 11) is 0. The number of aryl methyl sites for hydroxylation is 1. The van der Waals surface area contributed by atoms with Gasteiger partial charge in [-0.1, -0.05) is 67.4 Å². The molecule has 1 amide bonds. The number of rotatable bonds is 10. The highest BCUT2D eigenvalue weighted by Gasteiger charge is 2.25. The van der Waals surface area contributed by atoms with Crippen LogP contribution in [0, 0.1) is 0 Å². The number of amides is 1. The van der Waals surface area contributed by atoms with Crippen LogP contribution in [0.2, 0.25) is 0 Å². The molecule has 4 rings (SSSR count). The highest BCUT2D eigenvalue weighted by molar-refractivity contribution is 7.99. The van der Waals surface area contributed by atoms with Gasteiger partial charge in [-0.2, -0.15) is 0 Å². The second-order valence-electron chi connectivity index (χ2n) is 8.30. The molecule has 1 aromatic carbocycles. The van der Waals surface area contributed by atoms with Gasteiger partial charge in [-0.15, -0.1) is 21.5 Å². The van der Waals surface area contributed by atoms with E-state index >= 15 is 0 Å². The molecular weight excluding hydrogens is 436 g/mol. The van der Waals surface area contributed by atoms with Gasteiger partial charge in [0.25, 0.3) is 0 Å². The van der Waals surface area contributed by atoms with Gasteiger partial charge >= 0.3 is 0 Å². The van der Waals surface area contributed by atoms with Gasteiger partial charge in [-0.05, 0) is 43.2 Å².